The summed E-state index contributed by atoms with van der Waals surface area (Å²) in [5, 5.41) is 6.12. The molecule has 0 bridgehead atoms. The van der Waals surface area contributed by atoms with E-state index in [1.807, 2.05) is 30.3 Å². The van der Waals surface area contributed by atoms with Gasteiger partial charge in [-0.2, -0.15) is 0 Å². The van der Waals surface area contributed by atoms with Crippen molar-refractivity contribution in [3.63, 3.8) is 0 Å². The number of carbonyl (C=O) groups is 1. The first-order chi connectivity index (χ1) is 10.6. The Bertz CT molecular complexity index is 596. The Morgan fingerprint density at radius 3 is 2.64 bits per heavy atom. The molecule has 0 spiro atoms. The van der Waals surface area contributed by atoms with Gasteiger partial charge in [-0.05, 0) is 5.56 Å². The van der Waals surface area contributed by atoms with Crippen LogP contribution in [0.25, 0.3) is 0 Å². The van der Waals surface area contributed by atoms with Crippen LogP contribution in [0.4, 0.5) is 0 Å². The van der Waals surface area contributed by atoms with Crippen LogP contribution >= 0.6 is 11.3 Å². The van der Waals surface area contributed by atoms with Crippen LogP contribution in [0, 0.1) is 0 Å². The van der Waals surface area contributed by atoms with Gasteiger partial charge in [-0.1, -0.05) is 44.2 Å². The minimum atomic E-state index is -0.567. The second kappa shape index (κ2) is 8.06. The summed E-state index contributed by atoms with van der Waals surface area (Å²) in [5.41, 5.74) is 1.89. The lowest BCUT2D eigenvalue weighted by Gasteiger charge is -2.15. The van der Waals surface area contributed by atoms with E-state index in [9.17, 15) is 4.79 Å². The monoisotopic (exact) mass is 318 g/mol. The van der Waals surface area contributed by atoms with Crippen molar-refractivity contribution in [2.45, 2.75) is 32.3 Å². The van der Waals surface area contributed by atoms with Crippen LogP contribution in [0.15, 0.2) is 35.7 Å². The van der Waals surface area contributed by atoms with Gasteiger partial charge in [0.15, 0.2) is 6.10 Å². The van der Waals surface area contributed by atoms with E-state index in [-0.39, 0.29) is 5.91 Å². The van der Waals surface area contributed by atoms with Gasteiger partial charge < -0.3 is 10.1 Å². The highest BCUT2D eigenvalue weighted by atomic mass is 32.1. The quantitative estimate of drug-likeness (QED) is 0.852. The van der Waals surface area contributed by atoms with Gasteiger partial charge in [-0.15, -0.1) is 11.3 Å². The van der Waals surface area contributed by atoms with E-state index in [2.05, 4.69) is 29.5 Å². The zero-order valence-corrected chi connectivity index (χ0v) is 14.0. The molecule has 1 atom stereocenters. The largest absolute Gasteiger partial charge is 0.367 e. The van der Waals surface area contributed by atoms with Crippen LogP contribution in [-0.2, 0) is 16.0 Å². The number of thiazole rings is 1. The highest BCUT2D eigenvalue weighted by molar-refractivity contribution is 7.09. The first-order valence-electron chi connectivity index (χ1n) is 7.41. The molecule has 4 nitrogen and oxygen atoms in total. The van der Waals surface area contributed by atoms with Gasteiger partial charge in [0, 0.05) is 31.4 Å². The van der Waals surface area contributed by atoms with E-state index in [1.165, 1.54) is 0 Å². The van der Waals surface area contributed by atoms with Crippen LogP contribution in [0.3, 0.4) is 0 Å². The van der Waals surface area contributed by atoms with E-state index in [4.69, 9.17) is 4.74 Å². The van der Waals surface area contributed by atoms with Crippen molar-refractivity contribution in [1.29, 1.82) is 0 Å². The molecule has 1 aromatic heterocycles. The van der Waals surface area contributed by atoms with Crippen molar-refractivity contribution in [3.05, 3.63) is 52.0 Å². The maximum absolute atomic E-state index is 12.2. The molecule has 5 heteroatoms. The van der Waals surface area contributed by atoms with Gasteiger partial charge in [-0.25, -0.2) is 4.98 Å². The molecule has 0 unspecified atom stereocenters. The van der Waals surface area contributed by atoms with E-state index < -0.39 is 6.10 Å². The Hall–Kier alpha value is -1.72. The number of hydrogen-bond donors (Lipinski definition) is 1. The number of benzene rings is 1. The Labute approximate surface area is 135 Å². The fourth-order valence-electron chi connectivity index (χ4n) is 2.13. The van der Waals surface area contributed by atoms with Crippen LogP contribution in [0.5, 0.6) is 0 Å². The minimum absolute atomic E-state index is 0.118. The molecule has 1 amide bonds. The predicted octanol–water partition coefficient (Wildman–Crippen LogP) is 3.31. The molecule has 2 rings (SSSR count). The van der Waals surface area contributed by atoms with Gasteiger partial charge in [-0.3, -0.25) is 4.79 Å². The van der Waals surface area contributed by atoms with Crippen LogP contribution < -0.4 is 5.32 Å². The lowest BCUT2D eigenvalue weighted by Crippen LogP contribution is -2.32. The summed E-state index contributed by atoms with van der Waals surface area (Å²) in [7, 11) is 1.55. The SMILES string of the molecule is CO[C@H](C(=O)NCCc1csc(C(C)C)n1)c1ccccc1. The van der Waals surface area contributed by atoms with Crippen molar-refractivity contribution in [2.75, 3.05) is 13.7 Å². The molecule has 0 aliphatic carbocycles. The molecule has 22 heavy (non-hydrogen) atoms. The number of aromatic nitrogens is 1. The Morgan fingerprint density at radius 2 is 2.05 bits per heavy atom. The third-order valence-corrected chi connectivity index (χ3v) is 4.51. The second-order valence-corrected chi connectivity index (χ2v) is 6.29. The summed E-state index contributed by atoms with van der Waals surface area (Å²) in [5.74, 6) is 0.331. The number of methoxy groups -OCH3 is 1. The van der Waals surface area contributed by atoms with E-state index in [0.717, 1.165) is 22.7 Å². The fourth-order valence-corrected chi connectivity index (χ4v) is 3.00. The highest BCUT2D eigenvalue weighted by Crippen LogP contribution is 2.19. The number of rotatable bonds is 7. The normalized spacial score (nSPS) is 12.4. The molecule has 1 N–H and O–H groups in total. The average molecular weight is 318 g/mol. The third-order valence-electron chi connectivity index (χ3n) is 3.32. The molecule has 118 valence electrons. The maximum atomic E-state index is 12.2. The number of carbonyl (C=O) groups excluding carboxylic acids is 1. The number of nitrogens with one attached hydrogen (secondary N) is 1. The topological polar surface area (TPSA) is 51.2 Å². The smallest absolute Gasteiger partial charge is 0.253 e. The van der Waals surface area contributed by atoms with E-state index >= 15 is 0 Å². The minimum Gasteiger partial charge on any atom is -0.367 e. The molecule has 0 fully saturated rings. The van der Waals surface area contributed by atoms with Gasteiger partial charge in [0.25, 0.3) is 5.91 Å². The number of nitrogens with zero attached hydrogens (tertiary/aromatic N) is 1. The zero-order valence-electron chi connectivity index (χ0n) is 13.2. The summed E-state index contributed by atoms with van der Waals surface area (Å²) < 4.78 is 5.31. The van der Waals surface area contributed by atoms with Gasteiger partial charge >= 0.3 is 0 Å². The standard InChI is InChI=1S/C17H22N2O2S/c1-12(2)17-19-14(11-22-17)9-10-18-16(20)15(21-3)13-7-5-4-6-8-13/h4-8,11-12,15H,9-10H2,1-3H3,(H,18,20)/t15-/m0/s1. The lowest BCUT2D eigenvalue weighted by molar-refractivity contribution is -0.131. The van der Waals surface area contributed by atoms with Crippen molar-refractivity contribution < 1.29 is 9.53 Å². The summed E-state index contributed by atoms with van der Waals surface area (Å²) in [4.78, 5) is 16.8. The average Bonchev–Trinajstić information content (AvgIpc) is 2.98. The first kappa shape index (κ1) is 16.6. The number of amides is 1. The van der Waals surface area contributed by atoms with Crippen LogP contribution in [0.1, 0.15) is 42.1 Å². The molecule has 0 aliphatic rings. The summed E-state index contributed by atoms with van der Waals surface area (Å²) in [6.07, 6.45) is 0.169. The predicted molar refractivity (Wildman–Crippen MR) is 89.1 cm³/mol. The maximum Gasteiger partial charge on any atom is 0.253 e. The molecule has 0 aliphatic heterocycles. The number of hydrogen-bond acceptors (Lipinski definition) is 4. The van der Waals surface area contributed by atoms with Crippen LogP contribution in [-0.4, -0.2) is 24.5 Å². The van der Waals surface area contributed by atoms with Crippen molar-refractivity contribution in [1.82, 2.24) is 10.3 Å². The Kier molecular flexibility index (Phi) is 6.10. The van der Waals surface area contributed by atoms with Gasteiger partial charge in [0.05, 0.1) is 10.7 Å². The summed E-state index contributed by atoms with van der Waals surface area (Å²) in [6.45, 7) is 4.83. The van der Waals surface area contributed by atoms with Crippen molar-refractivity contribution in [3.8, 4) is 0 Å². The van der Waals surface area contributed by atoms with E-state index in [1.54, 1.807) is 18.4 Å². The zero-order chi connectivity index (χ0) is 15.9. The molecule has 0 saturated heterocycles. The Balaban J connectivity index is 1.86. The molecule has 0 saturated carbocycles. The highest BCUT2D eigenvalue weighted by Gasteiger charge is 2.19. The molecular weight excluding hydrogens is 296 g/mol. The molecular formula is C17H22N2O2S. The fraction of sp³-hybridized carbons (Fsp3) is 0.412. The lowest BCUT2D eigenvalue weighted by atomic mass is 10.1. The van der Waals surface area contributed by atoms with Gasteiger partial charge in [0.1, 0.15) is 0 Å². The third kappa shape index (κ3) is 4.39. The van der Waals surface area contributed by atoms with Gasteiger partial charge in [0.2, 0.25) is 0 Å². The molecule has 1 aromatic carbocycles. The number of ether oxygens (including phenoxy) is 1. The van der Waals surface area contributed by atoms with Crippen molar-refractivity contribution in [2.24, 2.45) is 0 Å². The Morgan fingerprint density at radius 1 is 1.32 bits per heavy atom. The van der Waals surface area contributed by atoms with Crippen molar-refractivity contribution >= 4 is 17.2 Å². The second-order valence-electron chi connectivity index (χ2n) is 5.40. The molecule has 0 radical (unpaired) electrons. The van der Waals surface area contributed by atoms with Crippen LogP contribution in [0.2, 0.25) is 0 Å². The summed E-state index contributed by atoms with van der Waals surface area (Å²) in [6, 6.07) is 9.50. The molecule has 2 aromatic rings. The molecule has 1 heterocycles. The van der Waals surface area contributed by atoms with E-state index in [0.29, 0.717) is 12.5 Å². The summed E-state index contributed by atoms with van der Waals surface area (Å²) >= 11 is 1.68. The first-order valence-corrected chi connectivity index (χ1v) is 8.29.